The number of amides is 2. The van der Waals surface area contributed by atoms with Crippen molar-refractivity contribution >= 4 is 27.7 Å². The average Bonchev–Trinajstić information content (AvgIpc) is 3.39. The minimum absolute atomic E-state index is 0.0329. The van der Waals surface area contributed by atoms with Gasteiger partial charge in [0, 0.05) is 23.5 Å². The highest BCUT2D eigenvalue weighted by Crippen LogP contribution is 2.32. The lowest BCUT2D eigenvalue weighted by Crippen LogP contribution is -2.46. The number of hydrogen-bond acceptors (Lipinski definition) is 2. The van der Waals surface area contributed by atoms with Gasteiger partial charge in [-0.25, -0.2) is 0 Å². The van der Waals surface area contributed by atoms with E-state index in [4.69, 9.17) is 0 Å². The molecule has 2 atom stereocenters. The van der Waals surface area contributed by atoms with Gasteiger partial charge in [0.1, 0.15) is 0 Å². The second-order valence-corrected chi connectivity index (χ2v) is 7.60. The highest BCUT2D eigenvalue weighted by atomic mass is 79.9. The van der Waals surface area contributed by atoms with E-state index in [0.717, 1.165) is 42.3 Å². The molecule has 0 bridgehead atoms. The first-order valence-electron chi connectivity index (χ1n) is 8.39. The van der Waals surface area contributed by atoms with Crippen LogP contribution in [0, 0.1) is 11.8 Å². The number of piperidine rings is 1. The van der Waals surface area contributed by atoms with Gasteiger partial charge in [0.2, 0.25) is 11.8 Å². The minimum Gasteiger partial charge on any atom is -0.349 e. The van der Waals surface area contributed by atoms with Gasteiger partial charge in [-0.05, 0) is 50.3 Å². The Kier molecular flexibility index (Phi) is 5.05. The summed E-state index contributed by atoms with van der Waals surface area (Å²) in [6, 6.07) is 7.95. The van der Waals surface area contributed by atoms with Crippen LogP contribution < -0.4 is 5.32 Å². The average molecular weight is 379 g/mol. The van der Waals surface area contributed by atoms with Crippen molar-refractivity contribution in [3.8, 4) is 0 Å². The first kappa shape index (κ1) is 16.5. The van der Waals surface area contributed by atoms with E-state index < -0.39 is 0 Å². The van der Waals surface area contributed by atoms with Gasteiger partial charge in [-0.3, -0.25) is 9.59 Å². The lowest BCUT2D eigenvalue weighted by atomic mass is 9.96. The van der Waals surface area contributed by atoms with Gasteiger partial charge >= 0.3 is 0 Å². The van der Waals surface area contributed by atoms with E-state index in [1.165, 1.54) is 0 Å². The van der Waals surface area contributed by atoms with E-state index in [1.54, 1.807) is 0 Å². The molecule has 2 amide bonds. The number of hydrogen-bond donors (Lipinski definition) is 1. The molecule has 1 aliphatic heterocycles. The number of benzene rings is 1. The van der Waals surface area contributed by atoms with Gasteiger partial charge in [0.05, 0.1) is 12.0 Å². The zero-order chi connectivity index (χ0) is 16.4. The molecular formula is C18H23BrN2O2. The normalized spacial score (nSPS) is 22.5. The predicted molar refractivity (Wildman–Crippen MR) is 92.7 cm³/mol. The van der Waals surface area contributed by atoms with Gasteiger partial charge in [-0.1, -0.05) is 28.1 Å². The molecule has 2 fully saturated rings. The summed E-state index contributed by atoms with van der Waals surface area (Å²) in [7, 11) is 0. The molecule has 1 aromatic carbocycles. The Bertz CT molecular complexity index is 600. The van der Waals surface area contributed by atoms with Gasteiger partial charge in [-0.2, -0.15) is 0 Å². The quantitative estimate of drug-likeness (QED) is 0.873. The molecule has 0 aromatic heterocycles. The zero-order valence-electron chi connectivity index (χ0n) is 13.4. The Hall–Kier alpha value is -1.36. The summed E-state index contributed by atoms with van der Waals surface area (Å²) >= 11 is 3.46. The van der Waals surface area contributed by atoms with E-state index in [0.29, 0.717) is 6.54 Å². The predicted octanol–water partition coefficient (Wildman–Crippen LogP) is 3.27. The molecule has 3 rings (SSSR count). The van der Waals surface area contributed by atoms with Crippen LogP contribution in [0.4, 0.5) is 0 Å². The third-order valence-corrected chi connectivity index (χ3v) is 5.23. The van der Waals surface area contributed by atoms with Gasteiger partial charge in [0.25, 0.3) is 0 Å². The van der Waals surface area contributed by atoms with Crippen LogP contribution in [-0.4, -0.2) is 29.8 Å². The fourth-order valence-corrected chi connectivity index (χ4v) is 3.59. The first-order chi connectivity index (χ1) is 11.0. The molecule has 1 aliphatic carbocycles. The van der Waals surface area contributed by atoms with Crippen molar-refractivity contribution in [2.24, 2.45) is 11.8 Å². The molecule has 4 nitrogen and oxygen atoms in total. The van der Waals surface area contributed by atoms with E-state index in [9.17, 15) is 9.59 Å². The number of halogens is 1. The summed E-state index contributed by atoms with van der Waals surface area (Å²) in [6.07, 6.45) is 3.82. The maximum Gasteiger partial charge on any atom is 0.225 e. The highest BCUT2D eigenvalue weighted by Gasteiger charge is 2.36. The molecule has 1 N–H and O–H groups in total. The monoisotopic (exact) mass is 378 g/mol. The van der Waals surface area contributed by atoms with Crippen LogP contribution in [0.1, 0.15) is 44.2 Å². The summed E-state index contributed by atoms with van der Waals surface area (Å²) in [5, 5.41) is 3.10. The van der Waals surface area contributed by atoms with E-state index in [-0.39, 0.29) is 29.7 Å². The minimum atomic E-state index is -0.0824. The fourth-order valence-electron chi connectivity index (χ4n) is 3.17. The molecular weight excluding hydrogens is 356 g/mol. The molecule has 0 spiro atoms. The maximum absolute atomic E-state index is 12.6. The van der Waals surface area contributed by atoms with E-state index in [2.05, 4.69) is 21.2 Å². The fraction of sp³-hybridized carbons (Fsp3) is 0.556. The molecule has 1 heterocycles. The Morgan fingerprint density at radius 3 is 2.74 bits per heavy atom. The molecule has 2 aliphatic rings. The van der Waals surface area contributed by atoms with Crippen molar-refractivity contribution < 1.29 is 9.59 Å². The standard InChI is InChI=1S/C18H23BrN2O2/c1-12(14-4-2-6-16(19)10-14)20-17(22)15-5-3-9-21(11-15)18(23)13-7-8-13/h2,4,6,10,12-13,15H,3,5,7-9,11H2,1H3,(H,20,22)/t12-,15+/m1/s1. The van der Waals surface area contributed by atoms with Crippen LogP contribution in [0.2, 0.25) is 0 Å². The second kappa shape index (κ2) is 7.04. The Balaban J connectivity index is 1.57. The zero-order valence-corrected chi connectivity index (χ0v) is 15.0. The van der Waals surface area contributed by atoms with Crippen molar-refractivity contribution in [2.45, 2.75) is 38.6 Å². The maximum atomic E-state index is 12.6. The number of carbonyl (C=O) groups is 2. The van der Waals surface area contributed by atoms with Gasteiger partial charge in [-0.15, -0.1) is 0 Å². The molecule has 1 saturated heterocycles. The van der Waals surface area contributed by atoms with Crippen LogP contribution >= 0.6 is 15.9 Å². The summed E-state index contributed by atoms with van der Waals surface area (Å²) in [4.78, 5) is 26.7. The Labute approximate surface area is 145 Å². The topological polar surface area (TPSA) is 49.4 Å². The summed E-state index contributed by atoms with van der Waals surface area (Å²) in [5.74, 6) is 0.465. The third kappa shape index (κ3) is 4.14. The number of nitrogens with zero attached hydrogens (tertiary/aromatic N) is 1. The Morgan fingerprint density at radius 1 is 1.26 bits per heavy atom. The molecule has 124 valence electrons. The number of rotatable bonds is 4. The van der Waals surface area contributed by atoms with Gasteiger partial charge < -0.3 is 10.2 Å². The smallest absolute Gasteiger partial charge is 0.225 e. The lowest BCUT2D eigenvalue weighted by molar-refractivity contribution is -0.137. The summed E-state index contributed by atoms with van der Waals surface area (Å²) in [5.41, 5.74) is 1.08. The largest absolute Gasteiger partial charge is 0.349 e. The third-order valence-electron chi connectivity index (χ3n) is 4.74. The highest BCUT2D eigenvalue weighted by molar-refractivity contribution is 9.10. The first-order valence-corrected chi connectivity index (χ1v) is 9.18. The summed E-state index contributed by atoms with van der Waals surface area (Å²) < 4.78 is 1.01. The van der Waals surface area contributed by atoms with Crippen LogP contribution in [0.5, 0.6) is 0 Å². The van der Waals surface area contributed by atoms with Crippen molar-refractivity contribution in [2.75, 3.05) is 13.1 Å². The molecule has 1 aromatic rings. The SMILES string of the molecule is C[C@@H](NC(=O)[C@H]1CCCN(C(=O)C2CC2)C1)c1cccc(Br)c1. The summed E-state index contributed by atoms with van der Waals surface area (Å²) in [6.45, 7) is 3.38. The van der Waals surface area contributed by atoms with E-state index in [1.807, 2.05) is 36.1 Å². The second-order valence-electron chi connectivity index (χ2n) is 6.68. The molecule has 0 radical (unpaired) electrons. The molecule has 1 saturated carbocycles. The van der Waals surface area contributed by atoms with Crippen molar-refractivity contribution in [1.82, 2.24) is 10.2 Å². The van der Waals surface area contributed by atoms with Gasteiger partial charge in [0.15, 0.2) is 0 Å². The van der Waals surface area contributed by atoms with Crippen LogP contribution in [0.15, 0.2) is 28.7 Å². The number of likely N-dealkylation sites (tertiary alicyclic amines) is 1. The number of nitrogens with one attached hydrogen (secondary N) is 1. The molecule has 5 heteroatoms. The van der Waals surface area contributed by atoms with Crippen LogP contribution in [-0.2, 0) is 9.59 Å². The van der Waals surface area contributed by atoms with Crippen molar-refractivity contribution in [3.63, 3.8) is 0 Å². The Morgan fingerprint density at radius 2 is 2.04 bits per heavy atom. The molecule has 0 unspecified atom stereocenters. The van der Waals surface area contributed by atoms with E-state index >= 15 is 0 Å². The lowest BCUT2D eigenvalue weighted by Gasteiger charge is -2.32. The van der Waals surface area contributed by atoms with Crippen molar-refractivity contribution in [3.05, 3.63) is 34.3 Å². The van der Waals surface area contributed by atoms with Crippen molar-refractivity contribution in [1.29, 1.82) is 0 Å². The number of carbonyl (C=O) groups excluding carboxylic acids is 2. The van der Waals surface area contributed by atoms with Crippen LogP contribution in [0.25, 0.3) is 0 Å². The van der Waals surface area contributed by atoms with Crippen LogP contribution in [0.3, 0.4) is 0 Å². The molecule has 23 heavy (non-hydrogen) atoms.